The van der Waals surface area contributed by atoms with Crippen LogP contribution in [0.5, 0.6) is 0 Å². The summed E-state index contributed by atoms with van der Waals surface area (Å²) in [4.78, 5) is 17.5. The lowest BCUT2D eigenvalue weighted by Gasteiger charge is -2.07. The van der Waals surface area contributed by atoms with Gasteiger partial charge in [-0.1, -0.05) is 36.4 Å². The molecule has 3 heterocycles. The molecule has 5 aromatic rings. The number of hydrazone groups is 1. The first kappa shape index (κ1) is 18.7. The standard InChI is InChI=1S/C22H20N8O/c1-14-17(21(31)30(29(14)3)15-9-5-4-6-10-15)13-23-26-22-24-20-19(25-27-22)16-11-7-8-12-18(16)28(20)2/h4-13H,1-3H3,(H,24,26,27)/b23-13+. The van der Waals surface area contributed by atoms with Crippen LogP contribution in [0, 0.1) is 6.92 Å². The van der Waals surface area contributed by atoms with Crippen LogP contribution in [0.2, 0.25) is 0 Å². The molecule has 0 saturated heterocycles. The second-order valence-electron chi connectivity index (χ2n) is 7.23. The van der Waals surface area contributed by atoms with Gasteiger partial charge in [0.2, 0.25) is 0 Å². The molecule has 0 unspecified atom stereocenters. The summed E-state index contributed by atoms with van der Waals surface area (Å²) < 4.78 is 5.38. The van der Waals surface area contributed by atoms with Crippen LogP contribution in [0.4, 0.5) is 5.95 Å². The van der Waals surface area contributed by atoms with Crippen molar-refractivity contribution in [2.45, 2.75) is 6.92 Å². The quantitative estimate of drug-likeness (QED) is 0.362. The van der Waals surface area contributed by atoms with Gasteiger partial charge < -0.3 is 4.57 Å². The molecule has 9 nitrogen and oxygen atoms in total. The van der Waals surface area contributed by atoms with Crippen LogP contribution in [-0.4, -0.2) is 35.3 Å². The zero-order chi connectivity index (χ0) is 21.5. The highest BCUT2D eigenvalue weighted by atomic mass is 16.1. The minimum absolute atomic E-state index is 0.153. The van der Waals surface area contributed by atoms with Gasteiger partial charge in [0.25, 0.3) is 11.5 Å². The normalized spacial score (nSPS) is 11.7. The maximum Gasteiger partial charge on any atom is 0.280 e. The van der Waals surface area contributed by atoms with E-state index in [0.717, 1.165) is 27.8 Å². The van der Waals surface area contributed by atoms with Gasteiger partial charge in [-0.15, -0.1) is 10.2 Å². The van der Waals surface area contributed by atoms with E-state index >= 15 is 0 Å². The SMILES string of the molecule is Cc1c(/C=N/Nc2nnc3c4ccccc4n(C)c3n2)c(=O)n(-c2ccccc2)n1C. The maximum absolute atomic E-state index is 12.9. The number of nitrogens with zero attached hydrogens (tertiary/aromatic N) is 7. The van der Waals surface area contributed by atoms with Gasteiger partial charge in [0.1, 0.15) is 5.52 Å². The Morgan fingerprint density at radius 2 is 1.74 bits per heavy atom. The average Bonchev–Trinajstić information content (AvgIpc) is 3.20. The van der Waals surface area contributed by atoms with E-state index in [1.807, 2.05) is 80.2 Å². The van der Waals surface area contributed by atoms with Gasteiger partial charge in [0.15, 0.2) is 5.65 Å². The van der Waals surface area contributed by atoms with E-state index in [1.165, 1.54) is 6.21 Å². The van der Waals surface area contributed by atoms with Crippen molar-refractivity contribution >= 4 is 34.2 Å². The van der Waals surface area contributed by atoms with Crippen LogP contribution < -0.4 is 11.0 Å². The Labute approximate surface area is 177 Å². The molecule has 5 rings (SSSR count). The topological polar surface area (TPSA) is 94.9 Å². The Bertz CT molecular complexity index is 1510. The summed E-state index contributed by atoms with van der Waals surface area (Å²) in [5.74, 6) is 0.256. The molecule has 2 aromatic carbocycles. The lowest BCUT2D eigenvalue weighted by molar-refractivity contribution is 0.630. The number of rotatable bonds is 4. The van der Waals surface area contributed by atoms with Crippen molar-refractivity contribution in [1.29, 1.82) is 0 Å². The second kappa shape index (κ2) is 7.21. The number of aryl methyl sites for hydroxylation is 1. The fraction of sp³-hybridized carbons (Fsp3) is 0.136. The number of anilines is 1. The zero-order valence-corrected chi connectivity index (χ0v) is 17.3. The molecule has 0 atom stereocenters. The first-order valence-electron chi connectivity index (χ1n) is 9.77. The summed E-state index contributed by atoms with van der Waals surface area (Å²) in [7, 11) is 3.78. The van der Waals surface area contributed by atoms with Gasteiger partial charge in [0.05, 0.1) is 23.0 Å². The Balaban J connectivity index is 1.47. The number of aromatic nitrogens is 6. The molecule has 0 bridgehead atoms. The molecular formula is C22H20N8O. The van der Waals surface area contributed by atoms with Crippen LogP contribution in [0.25, 0.3) is 27.8 Å². The van der Waals surface area contributed by atoms with Crippen molar-refractivity contribution in [1.82, 2.24) is 29.1 Å². The molecule has 0 fully saturated rings. The smallest absolute Gasteiger partial charge is 0.280 e. The Morgan fingerprint density at radius 3 is 2.55 bits per heavy atom. The van der Waals surface area contributed by atoms with Crippen molar-refractivity contribution in [2.24, 2.45) is 19.2 Å². The van der Waals surface area contributed by atoms with E-state index in [-0.39, 0.29) is 11.5 Å². The minimum atomic E-state index is -0.153. The van der Waals surface area contributed by atoms with E-state index in [4.69, 9.17) is 0 Å². The first-order valence-corrected chi connectivity index (χ1v) is 9.77. The lowest BCUT2D eigenvalue weighted by atomic mass is 10.2. The molecule has 0 aliphatic rings. The van der Waals surface area contributed by atoms with Gasteiger partial charge in [-0.3, -0.25) is 9.48 Å². The van der Waals surface area contributed by atoms with Crippen LogP contribution in [-0.2, 0) is 14.1 Å². The molecule has 3 aromatic heterocycles. The van der Waals surface area contributed by atoms with E-state index in [2.05, 4.69) is 25.7 Å². The van der Waals surface area contributed by atoms with Gasteiger partial charge in [-0.05, 0) is 25.1 Å². The average molecular weight is 412 g/mol. The predicted octanol–water partition coefficient (Wildman–Crippen LogP) is 2.76. The number of para-hydroxylation sites is 2. The van der Waals surface area contributed by atoms with Gasteiger partial charge in [-0.25, -0.2) is 10.1 Å². The number of nitrogens with one attached hydrogen (secondary N) is 1. The molecule has 0 spiro atoms. The monoisotopic (exact) mass is 412 g/mol. The summed E-state index contributed by atoms with van der Waals surface area (Å²) in [6.07, 6.45) is 1.49. The number of hydrogen-bond donors (Lipinski definition) is 1. The highest BCUT2D eigenvalue weighted by Gasteiger charge is 2.15. The van der Waals surface area contributed by atoms with Crippen molar-refractivity contribution in [3.8, 4) is 5.69 Å². The summed E-state index contributed by atoms with van der Waals surface area (Å²) in [5.41, 5.74) is 7.18. The predicted molar refractivity (Wildman–Crippen MR) is 121 cm³/mol. The molecule has 31 heavy (non-hydrogen) atoms. The lowest BCUT2D eigenvalue weighted by Crippen LogP contribution is -2.20. The van der Waals surface area contributed by atoms with E-state index in [1.54, 1.807) is 9.36 Å². The fourth-order valence-corrected chi connectivity index (χ4v) is 3.75. The number of hydrogen-bond acceptors (Lipinski definition) is 6. The van der Waals surface area contributed by atoms with Gasteiger partial charge >= 0.3 is 0 Å². The largest absolute Gasteiger partial charge is 0.327 e. The van der Waals surface area contributed by atoms with Gasteiger partial charge in [-0.2, -0.15) is 10.1 Å². The Hall–Kier alpha value is -4.27. The molecular weight excluding hydrogens is 392 g/mol. The Kier molecular flexibility index (Phi) is 4.36. The van der Waals surface area contributed by atoms with Crippen molar-refractivity contribution in [3.05, 3.63) is 76.2 Å². The zero-order valence-electron chi connectivity index (χ0n) is 17.3. The number of fused-ring (bicyclic) bond motifs is 3. The molecule has 154 valence electrons. The summed E-state index contributed by atoms with van der Waals surface area (Å²) in [6.45, 7) is 1.88. The maximum atomic E-state index is 12.9. The molecule has 0 radical (unpaired) electrons. The molecule has 0 amide bonds. The van der Waals surface area contributed by atoms with Crippen LogP contribution in [0.3, 0.4) is 0 Å². The van der Waals surface area contributed by atoms with Crippen molar-refractivity contribution in [3.63, 3.8) is 0 Å². The van der Waals surface area contributed by atoms with Crippen LogP contribution in [0.15, 0.2) is 64.5 Å². The van der Waals surface area contributed by atoms with Crippen molar-refractivity contribution in [2.75, 3.05) is 5.43 Å². The van der Waals surface area contributed by atoms with Crippen molar-refractivity contribution < 1.29 is 0 Å². The molecule has 0 aliphatic heterocycles. The summed E-state index contributed by atoms with van der Waals surface area (Å²) in [6, 6.07) is 17.4. The third-order valence-electron chi connectivity index (χ3n) is 5.46. The molecule has 1 N–H and O–H groups in total. The minimum Gasteiger partial charge on any atom is -0.327 e. The number of benzene rings is 2. The second-order valence-corrected chi connectivity index (χ2v) is 7.23. The molecule has 0 saturated carbocycles. The first-order chi connectivity index (χ1) is 15.1. The summed E-state index contributed by atoms with van der Waals surface area (Å²) in [5, 5.41) is 13.6. The fourth-order valence-electron chi connectivity index (χ4n) is 3.75. The van der Waals surface area contributed by atoms with Crippen LogP contribution in [0.1, 0.15) is 11.3 Å². The highest BCUT2D eigenvalue weighted by Crippen LogP contribution is 2.24. The third-order valence-corrected chi connectivity index (χ3v) is 5.46. The van der Waals surface area contributed by atoms with E-state index < -0.39 is 0 Å². The van der Waals surface area contributed by atoms with E-state index in [9.17, 15) is 4.79 Å². The molecule has 9 heteroatoms. The third kappa shape index (κ3) is 2.98. The van der Waals surface area contributed by atoms with E-state index in [0.29, 0.717) is 11.2 Å². The highest BCUT2D eigenvalue weighted by molar-refractivity contribution is 6.04. The summed E-state index contributed by atoms with van der Waals surface area (Å²) >= 11 is 0. The van der Waals surface area contributed by atoms with Gasteiger partial charge in [0, 0.05) is 25.2 Å². The Morgan fingerprint density at radius 1 is 1.00 bits per heavy atom. The van der Waals surface area contributed by atoms with Crippen LogP contribution >= 0.6 is 0 Å². The molecule has 0 aliphatic carbocycles.